The Labute approximate surface area is 245 Å². The van der Waals surface area contributed by atoms with Crippen LogP contribution in [0, 0.1) is 23.3 Å². The summed E-state index contributed by atoms with van der Waals surface area (Å²) in [5, 5.41) is 17.3. The first-order valence-corrected chi connectivity index (χ1v) is 13.4. The van der Waals surface area contributed by atoms with Crippen molar-refractivity contribution in [2.45, 2.75) is 37.8 Å². The van der Waals surface area contributed by atoms with Crippen LogP contribution in [0.15, 0.2) is 79.1 Å². The third kappa shape index (κ3) is 10.0. The van der Waals surface area contributed by atoms with Gasteiger partial charge < -0.3 is 26.8 Å². The first-order valence-electron chi connectivity index (χ1n) is 13.4. The number of carboxylic acid groups (broad SMARTS) is 1. The smallest absolute Gasteiger partial charge is 0.335 e. The van der Waals surface area contributed by atoms with Gasteiger partial charge in [-0.3, -0.25) is 9.78 Å². The van der Waals surface area contributed by atoms with Gasteiger partial charge in [0.05, 0.1) is 40.1 Å². The number of nitrogens with zero attached hydrogens (tertiary/aromatic N) is 1. The van der Waals surface area contributed by atoms with Crippen molar-refractivity contribution in [3.8, 4) is 0 Å². The van der Waals surface area contributed by atoms with Gasteiger partial charge in [0.1, 0.15) is 23.3 Å². The number of aromatic nitrogens is 1. The number of carbonyl (C=O) groups is 2. The zero-order chi connectivity index (χ0) is 30.9. The summed E-state index contributed by atoms with van der Waals surface area (Å²) in [6, 6.07) is 15.3. The van der Waals surface area contributed by atoms with Crippen molar-refractivity contribution in [2.24, 2.45) is 0 Å². The summed E-state index contributed by atoms with van der Waals surface area (Å²) >= 11 is 0. The molecule has 0 spiro atoms. The Morgan fingerprint density at radius 3 is 1.86 bits per heavy atom. The van der Waals surface area contributed by atoms with E-state index in [-0.39, 0.29) is 22.8 Å². The molecule has 3 aromatic carbocycles. The fourth-order valence-corrected chi connectivity index (χ4v) is 3.65. The molecule has 1 amide bonds. The summed E-state index contributed by atoms with van der Waals surface area (Å²) in [6.07, 6.45) is 6.67. The van der Waals surface area contributed by atoms with E-state index in [1.165, 1.54) is 54.7 Å². The van der Waals surface area contributed by atoms with Crippen LogP contribution >= 0.6 is 0 Å². The molecule has 6 rings (SSSR count). The molecule has 0 unspecified atom stereocenters. The van der Waals surface area contributed by atoms with E-state index in [2.05, 4.69) is 20.9 Å². The molecule has 4 aromatic rings. The van der Waals surface area contributed by atoms with Gasteiger partial charge in [-0.25, -0.2) is 22.4 Å². The Morgan fingerprint density at radius 2 is 1.28 bits per heavy atom. The van der Waals surface area contributed by atoms with Gasteiger partial charge in [-0.15, -0.1) is 0 Å². The van der Waals surface area contributed by atoms with Crippen LogP contribution in [-0.4, -0.2) is 34.1 Å². The van der Waals surface area contributed by atoms with Crippen LogP contribution in [0.3, 0.4) is 0 Å². The number of rotatable bonds is 7. The number of pyridine rings is 1. The van der Waals surface area contributed by atoms with Crippen molar-refractivity contribution >= 4 is 34.6 Å². The molecule has 0 bridgehead atoms. The number of benzene rings is 3. The molecule has 0 atom stereocenters. The summed E-state index contributed by atoms with van der Waals surface area (Å²) in [5.41, 5.74) is 8.03. The van der Waals surface area contributed by atoms with Crippen molar-refractivity contribution in [3.63, 3.8) is 0 Å². The zero-order valence-electron chi connectivity index (χ0n) is 22.8. The number of amides is 1. The van der Waals surface area contributed by atoms with E-state index in [0.717, 1.165) is 49.7 Å². The third-order valence-electron chi connectivity index (χ3n) is 6.16. The summed E-state index contributed by atoms with van der Waals surface area (Å²) in [5.74, 6) is -3.35. The van der Waals surface area contributed by atoms with Crippen LogP contribution in [0.4, 0.5) is 40.3 Å². The van der Waals surface area contributed by atoms with Crippen molar-refractivity contribution in [2.75, 3.05) is 21.7 Å². The van der Waals surface area contributed by atoms with Crippen LogP contribution in [0.5, 0.6) is 0 Å². The first kappa shape index (κ1) is 30.8. The standard InChI is InChI=1S/C15H13F2N3O.C9H11FN2.C7H5FO2/c16-10-1-4-13(14(6-10)19-12-2-3-12)20-15(21)9-5-11(17)8-18-7-9;10-6-1-4-8(11)9(5-6)12-7-2-3-7;8-6-3-1-2-5(4-6)7(9)10/h1,4-8,12,19H,2-3H2,(H,20,21);1,4-5,7,12H,2-3,11H2;1-4H,(H,9,10). The number of hydrogen-bond acceptors (Lipinski definition) is 6. The largest absolute Gasteiger partial charge is 0.478 e. The second kappa shape index (κ2) is 14.2. The molecule has 8 nitrogen and oxygen atoms in total. The normalized spacial score (nSPS) is 13.4. The maximum absolute atomic E-state index is 13.3. The zero-order valence-corrected chi connectivity index (χ0v) is 22.8. The van der Waals surface area contributed by atoms with Gasteiger partial charge >= 0.3 is 5.97 Å². The second-order valence-electron chi connectivity index (χ2n) is 9.92. The summed E-state index contributed by atoms with van der Waals surface area (Å²) in [4.78, 5) is 25.9. The Bertz CT molecular complexity index is 1600. The minimum Gasteiger partial charge on any atom is -0.478 e. The van der Waals surface area contributed by atoms with Crippen molar-refractivity contribution < 1.29 is 32.3 Å². The number of hydrogen-bond donors (Lipinski definition) is 5. The van der Waals surface area contributed by atoms with Gasteiger partial charge in [-0.1, -0.05) is 6.07 Å². The van der Waals surface area contributed by atoms with Gasteiger partial charge in [-0.05, 0) is 86.3 Å². The quantitative estimate of drug-likeness (QED) is 0.119. The Balaban J connectivity index is 0.000000163. The molecule has 1 aromatic heterocycles. The van der Waals surface area contributed by atoms with E-state index in [0.29, 0.717) is 29.1 Å². The van der Waals surface area contributed by atoms with Crippen LogP contribution in [0.1, 0.15) is 46.4 Å². The molecule has 224 valence electrons. The molecule has 2 fully saturated rings. The Morgan fingerprint density at radius 1 is 0.698 bits per heavy atom. The maximum Gasteiger partial charge on any atom is 0.335 e. The predicted molar refractivity (Wildman–Crippen MR) is 156 cm³/mol. The van der Waals surface area contributed by atoms with Crippen LogP contribution in [0.2, 0.25) is 0 Å². The topological polar surface area (TPSA) is 129 Å². The molecule has 0 aliphatic heterocycles. The monoisotopic (exact) mass is 595 g/mol. The number of carboxylic acids is 1. The molecular formula is C31H29F4N5O3. The number of halogens is 4. The molecule has 2 saturated carbocycles. The molecular weight excluding hydrogens is 566 g/mol. The Hall–Kier alpha value is -5.13. The molecule has 43 heavy (non-hydrogen) atoms. The van der Waals surface area contributed by atoms with E-state index in [9.17, 15) is 27.2 Å². The van der Waals surface area contributed by atoms with Gasteiger partial charge in [-0.2, -0.15) is 0 Å². The summed E-state index contributed by atoms with van der Waals surface area (Å²) in [6.45, 7) is 0. The number of nitrogen functional groups attached to an aromatic ring is 1. The number of carbonyl (C=O) groups excluding carboxylic acids is 1. The third-order valence-corrected chi connectivity index (χ3v) is 6.16. The number of aromatic carboxylic acids is 1. The van der Waals surface area contributed by atoms with Crippen LogP contribution in [-0.2, 0) is 0 Å². The minimum absolute atomic E-state index is 0.0278. The number of nitrogens with one attached hydrogen (secondary N) is 3. The summed E-state index contributed by atoms with van der Waals surface area (Å²) in [7, 11) is 0. The molecule has 12 heteroatoms. The summed E-state index contributed by atoms with van der Waals surface area (Å²) < 4.78 is 51.4. The number of anilines is 4. The lowest BCUT2D eigenvalue weighted by Gasteiger charge is -2.12. The van der Waals surface area contributed by atoms with Crippen molar-refractivity contribution in [1.82, 2.24) is 4.98 Å². The van der Waals surface area contributed by atoms with Gasteiger partial charge in [0.25, 0.3) is 5.91 Å². The van der Waals surface area contributed by atoms with Crippen molar-refractivity contribution in [1.29, 1.82) is 0 Å². The fourth-order valence-electron chi connectivity index (χ4n) is 3.65. The highest BCUT2D eigenvalue weighted by Gasteiger charge is 2.23. The maximum atomic E-state index is 13.3. The average molecular weight is 596 g/mol. The predicted octanol–water partition coefficient (Wildman–Crippen LogP) is 6.69. The van der Waals surface area contributed by atoms with Crippen LogP contribution < -0.4 is 21.7 Å². The van der Waals surface area contributed by atoms with Gasteiger partial charge in [0.15, 0.2) is 0 Å². The lowest BCUT2D eigenvalue weighted by atomic mass is 10.2. The Kier molecular flexibility index (Phi) is 10.2. The van der Waals surface area contributed by atoms with E-state index >= 15 is 0 Å². The molecule has 0 saturated heterocycles. The molecule has 2 aliphatic carbocycles. The molecule has 0 radical (unpaired) electrons. The lowest BCUT2D eigenvalue weighted by molar-refractivity contribution is 0.0696. The van der Waals surface area contributed by atoms with E-state index in [1.54, 1.807) is 6.07 Å². The van der Waals surface area contributed by atoms with Gasteiger partial charge in [0.2, 0.25) is 0 Å². The molecule has 2 aliphatic rings. The molecule has 6 N–H and O–H groups in total. The average Bonchev–Trinajstić information content (AvgIpc) is 3.91. The minimum atomic E-state index is -1.11. The second-order valence-corrected chi connectivity index (χ2v) is 9.92. The van der Waals surface area contributed by atoms with Gasteiger partial charge in [0, 0.05) is 18.3 Å². The fraction of sp³-hybridized carbons (Fsp3) is 0.194. The molecule has 1 heterocycles. The lowest BCUT2D eigenvalue weighted by Crippen LogP contribution is -2.15. The van der Waals surface area contributed by atoms with Crippen LogP contribution in [0.25, 0.3) is 0 Å². The van der Waals surface area contributed by atoms with Crippen molar-refractivity contribution in [3.05, 3.63) is 114 Å². The first-order chi connectivity index (χ1) is 20.6. The van der Waals surface area contributed by atoms with E-state index in [1.807, 2.05) is 0 Å². The number of nitrogens with two attached hydrogens (primary N) is 1. The SMILES string of the molecule is Nc1ccc(F)cc1NC1CC1.O=C(Nc1ccc(F)cc1NC1CC1)c1cncc(F)c1.O=C(O)c1cccc(F)c1. The highest BCUT2D eigenvalue weighted by atomic mass is 19.1. The highest BCUT2D eigenvalue weighted by molar-refractivity contribution is 6.05. The van der Waals surface area contributed by atoms with E-state index < -0.39 is 23.5 Å². The van der Waals surface area contributed by atoms with E-state index in [4.69, 9.17) is 10.8 Å². The highest BCUT2D eigenvalue weighted by Crippen LogP contribution is 2.30.